The first-order chi connectivity index (χ1) is 9.60. The van der Waals surface area contributed by atoms with Crippen LogP contribution in [0.4, 0.5) is 4.79 Å². The van der Waals surface area contributed by atoms with Crippen molar-refractivity contribution in [3.63, 3.8) is 0 Å². The van der Waals surface area contributed by atoms with Gasteiger partial charge in [-0.25, -0.2) is 4.79 Å². The molecule has 2 amide bonds. The standard InChI is InChI=1S/C15H26N2O3/c1-2-4-12-5-3-7-16(8-6-12)15(20)17-10-13(11-17)9-14(18)19/h12-13H,2-11H2,1H3,(H,18,19). The Kier molecular flexibility index (Phi) is 5.26. The van der Waals surface area contributed by atoms with Gasteiger partial charge in [-0.1, -0.05) is 19.8 Å². The monoisotopic (exact) mass is 282 g/mol. The molecule has 0 aromatic heterocycles. The highest BCUT2D eigenvalue weighted by Gasteiger charge is 2.34. The maximum absolute atomic E-state index is 12.3. The average molecular weight is 282 g/mol. The highest BCUT2D eigenvalue weighted by molar-refractivity contribution is 5.76. The quantitative estimate of drug-likeness (QED) is 0.861. The third kappa shape index (κ3) is 3.87. The van der Waals surface area contributed by atoms with Crippen molar-refractivity contribution < 1.29 is 14.7 Å². The van der Waals surface area contributed by atoms with E-state index in [1.165, 1.54) is 19.3 Å². The lowest BCUT2D eigenvalue weighted by Crippen LogP contribution is -2.55. The summed E-state index contributed by atoms with van der Waals surface area (Å²) in [5.74, 6) is 0.157. The molecule has 1 atom stereocenters. The van der Waals surface area contributed by atoms with Crippen LogP contribution in [-0.4, -0.2) is 53.1 Å². The normalized spacial score (nSPS) is 24.1. The molecule has 114 valence electrons. The van der Waals surface area contributed by atoms with Crippen molar-refractivity contribution in [3.05, 3.63) is 0 Å². The average Bonchev–Trinajstić information content (AvgIpc) is 2.58. The van der Waals surface area contributed by atoms with Crippen LogP contribution in [0.5, 0.6) is 0 Å². The Balaban J connectivity index is 1.75. The number of carboxylic acid groups (broad SMARTS) is 1. The zero-order valence-corrected chi connectivity index (χ0v) is 12.4. The molecule has 1 unspecified atom stereocenters. The molecule has 0 aromatic carbocycles. The molecular formula is C15H26N2O3. The number of nitrogens with zero attached hydrogens (tertiary/aromatic N) is 2. The summed E-state index contributed by atoms with van der Waals surface area (Å²) < 4.78 is 0. The molecule has 2 aliphatic heterocycles. The molecule has 5 heteroatoms. The summed E-state index contributed by atoms with van der Waals surface area (Å²) in [6.07, 6.45) is 6.13. The predicted molar refractivity (Wildman–Crippen MR) is 76.5 cm³/mol. The zero-order valence-electron chi connectivity index (χ0n) is 12.4. The molecule has 2 saturated heterocycles. The van der Waals surface area contributed by atoms with Gasteiger partial charge in [-0.3, -0.25) is 4.79 Å². The Morgan fingerprint density at radius 3 is 2.50 bits per heavy atom. The number of hydrogen-bond donors (Lipinski definition) is 1. The van der Waals surface area contributed by atoms with E-state index in [-0.39, 0.29) is 18.4 Å². The number of carbonyl (C=O) groups is 2. The van der Waals surface area contributed by atoms with Gasteiger partial charge < -0.3 is 14.9 Å². The summed E-state index contributed by atoms with van der Waals surface area (Å²) in [7, 11) is 0. The van der Waals surface area contributed by atoms with Crippen LogP contribution in [0, 0.1) is 11.8 Å². The van der Waals surface area contributed by atoms with Gasteiger partial charge in [-0.05, 0) is 25.2 Å². The molecule has 0 bridgehead atoms. The summed E-state index contributed by atoms with van der Waals surface area (Å²) in [4.78, 5) is 26.7. The maximum atomic E-state index is 12.3. The van der Waals surface area contributed by atoms with Gasteiger partial charge in [0.1, 0.15) is 0 Å². The number of rotatable bonds is 4. The predicted octanol–water partition coefficient (Wildman–Crippen LogP) is 2.42. The van der Waals surface area contributed by atoms with Crippen LogP contribution >= 0.6 is 0 Å². The minimum Gasteiger partial charge on any atom is -0.481 e. The fraction of sp³-hybridized carbons (Fsp3) is 0.867. The number of aliphatic carboxylic acids is 1. The summed E-state index contributed by atoms with van der Waals surface area (Å²) in [5.41, 5.74) is 0. The van der Waals surface area contributed by atoms with Crippen LogP contribution in [0.1, 0.15) is 45.4 Å². The summed E-state index contributed by atoms with van der Waals surface area (Å²) in [5, 5.41) is 8.73. The number of urea groups is 1. The zero-order chi connectivity index (χ0) is 14.5. The lowest BCUT2D eigenvalue weighted by Gasteiger charge is -2.41. The molecule has 0 saturated carbocycles. The van der Waals surface area contributed by atoms with Crippen molar-refractivity contribution in [1.82, 2.24) is 9.80 Å². The van der Waals surface area contributed by atoms with Gasteiger partial charge in [0.05, 0.1) is 6.42 Å². The number of likely N-dealkylation sites (tertiary alicyclic amines) is 2. The van der Waals surface area contributed by atoms with Crippen LogP contribution in [0.25, 0.3) is 0 Å². The first-order valence-electron chi connectivity index (χ1n) is 7.85. The second-order valence-electron chi connectivity index (χ2n) is 6.22. The Labute approximate surface area is 120 Å². The van der Waals surface area contributed by atoms with Crippen molar-refractivity contribution in [2.45, 2.75) is 45.4 Å². The van der Waals surface area contributed by atoms with E-state index in [2.05, 4.69) is 6.92 Å². The van der Waals surface area contributed by atoms with Gasteiger partial charge in [-0.15, -0.1) is 0 Å². The van der Waals surface area contributed by atoms with Crippen molar-refractivity contribution in [3.8, 4) is 0 Å². The van der Waals surface area contributed by atoms with E-state index in [0.717, 1.165) is 31.8 Å². The Morgan fingerprint density at radius 2 is 1.85 bits per heavy atom. The van der Waals surface area contributed by atoms with Crippen molar-refractivity contribution in [2.75, 3.05) is 26.2 Å². The molecule has 2 rings (SSSR count). The summed E-state index contributed by atoms with van der Waals surface area (Å²) in [6.45, 7) is 5.17. The number of hydrogen-bond acceptors (Lipinski definition) is 2. The van der Waals surface area contributed by atoms with Crippen LogP contribution in [-0.2, 0) is 4.79 Å². The van der Waals surface area contributed by atoms with Gasteiger partial charge in [0, 0.05) is 32.1 Å². The van der Waals surface area contributed by atoms with E-state index in [0.29, 0.717) is 13.1 Å². The maximum Gasteiger partial charge on any atom is 0.320 e. The third-order valence-corrected chi connectivity index (χ3v) is 4.51. The number of carbonyl (C=O) groups excluding carboxylic acids is 1. The molecule has 2 heterocycles. The van der Waals surface area contributed by atoms with E-state index in [1.807, 2.05) is 4.90 Å². The van der Waals surface area contributed by atoms with Gasteiger partial charge in [0.2, 0.25) is 0 Å². The van der Waals surface area contributed by atoms with Crippen LogP contribution in [0.15, 0.2) is 0 Å². The molecule has 1 N–H and O–H groups in total. The lowest BCUT2D eigenvalue weighted by atomic mass is 9.96. The molecule has 5 nitrogen and oxygen atoms in total. The van der Waals surface area contributed by atoms with Crippen LogP contribution < -0.4 is 0 Å². The highest BCUT2D eigenvalue weighted by atomic mass is 16.4. The Hall–Kier alpha value is -1.26. The van der Waals surface area contributed by atoms with Crippen LogP contribution in [0.3, 0.4) is 0 Å². The molecule has 2 aliphatic rings. The van der Waals surface area contributed by atoms with E-state index >= 15 is 0 Å². The number of amides is 2. The molecule has 20 heavy (non-hydrogen) atoms. The molecule has 0 radical (unpaired) electrons. The summed E-state index contributed by atoms with van der Waals surface area (Å²) in [6, 6.07) is 0.115. The molecular weight excluding hydrogens is 256 g/mol. The van der Waals surface area contributed by atoms with Gasteiger partial charge in [0.25, 0.3) is 0 Å². The fourth-order valence-electron chi connectivity index (χ4n) is 3.36. The molecule has 2 fully saturated rings. The van der Waals surface area contributed by atoms with Crippen LogP contribution in [0.2, 0.25) is 0 Å². The van der Waals surface area contributed by atoms with E-state index in [1.54, 1.807) is 4.90 Å². The van der Waals surface area contributed by atoms with E-state index < -0.39 is 5.97 Å². The lowest BCUT2D eigenvalue weighted by molar-refractivity contribution is -0.139. The number of carboxylic acids is 1. The van der Waals surface area contributed by atoms with E-state index in [4.69, 9.17) is 5.11 Å². The summed E-state index contributed by atoms with van der Waals surface area (Å²) >= 11 is 0. The van der Waals surface area contributed by atoms with E-state index in [9.17, 15) is 9.59 Å². The van der Waals surface area contributed by atoms with Gasteiger partial charge in [0.15, 0.2) is 0 Å². The second kappa shape index (κ2) is 6.95. The van der Waals surface area contributed by atoms with Crippen molar-refractivity contribution in [1.29, 1.82) is 0 Å². The smallest absolute Gasteiger partial charge is 0.320 e. The topological polar surface area (TPSA) is 60.9 Å². The van der Waals surface area contributed by atoms with Gasteiger partial charge in [-0.2, -0.15) is 0 Å². The Bertz CT molecular complexity index is 353. The minimum atomic E-state index is -0.765. The van der Waals surface area contributed by atoms with Crippen molar-refractivity contribution >= 4 is 12.0 Å². The van der Waals surface area contributed by atoms with Crippen molar-refractivity contribution in [2.24, 2.45) is 11.8 Å². The molecule has 0 aliphatic carbocycles. The largest absolute Gasteiger partial charge is 0.481 e. The van der Waals surface area contributed by atoms with Gasteiger partial charge >= 0.3 is 12.0 Å². The highest BCUT2D eigenvalue weighted by Crippen LogP contribution is 2.25. The fourth-order valence-corrected chi connectivity index (χ4v) is 3.36. The second-order valence-corrected chi connectivity index (χ2v) is 6.22. The third-order valence-electron chi connectivity index (χ3n) is 4.51. The first-order valence-corrected chi connectivity index (χ1v) is 7.85. The molecule has 0 spiro atoms. The molecule has 0 aromatic rings. The minimum absolute atomic E-state index is 0.115. The Morgan fingerprint density at radius 1 is 1.10 bits per heavy atom. The SMILES string of the molecule is CCCC1CCCN(C(=O)N2CC(CC(=O)O)C2)CC1. The first kappa shape index (κ1) is 15.1.